The SMILES string of the molecule is CCOC(=O)C1=C(C)N=c2s/c(=C\c3ccc(OCc4ccccc4C#N)c(Br)c3)c(=O)n2[C@@H]1c1ccc(OC(C)C)c(OC)c1. The number of carbonyl (C=O) groups excluding carboxylic acids is 1. The number of allylic oxidation sites excluding steroid dienone is 1. The molecule has 3 aromatic carbocycles. The van der Waals surface area contributed by atoms with E-state index in [1.165, 1.54) is 15.9 Å². The first-order valence-corrected chi connectivity index (χ1v) is 16.2. The van der Waals surface area contributed by atoms with E-state index in [4.69, 9.17) is 18.9 Å². The molecule has 0 aliphatic carbocycles. The molecule has 0 radical (unpaired) electrons. The maximum absolute atomic E-state index is 14.1. The Morgan fingerprint density at radius 1 is 1.13 bits per heavy atom. The average molecular weight is 703 g/mol. The molecule has 9 nitrogen and oxygen atoms in total. The molecule has 46 heavy (non-hydrogen) atoms. The maximum atomic E-state index is 14.1. The van der Waals surface area contributed by atoms with Crippen LogP contribution >= 0.6 is 27.3 Å². The van der Waals surface area contributed by atoms with Crippen LogP contribution in [0.2, 0.25) is 0 Å². The van der Waals surface area contributed by atoms with E-state index in [0.717, 1.165) is 11.1 Å². The number of esters is 1. The third-order valence-corrected chi connectivity index (χ3v) is 8.76. The van der Waals surface area contributed by atoms with Gasteiger partial charge in [0.1, 0.15) is 12.4 Å². The number of benzene rings is 3. The van der Waals surface area contributed by atoms with E-state index in [1.54, 1.807) is 51.3 Å². The van der Waals surface area contributed by atoms with Crippen LogP contribution in [0, 0.1) is 11.3 Å². The second-order valence-corrected chi connectivity index (χ2v) is 12.5. The molecule has 4 aromatic rings. The molecule has 236 valence electrons. The minimum Gasteiger partial charge on any atom is -0.493 e. The van der Waals surface area contributed by atoms with Gasteiger partial charge in [0.05, 0.1) is 57.8 Å². The lowest BCUT2D eigenvalue weighted by molar-refractivity contribution is -0.139. The Bertz CT molecular complexity index is 2060. The highest BCUT2D eigenvalue weighted by molar-refractivity contribution is 9.10. The van der Waals surface area contributed by atoms with Gasteiger partial charge in [0.2, 0.25) is 0 Å². The van der Waals surface area contributed by atoms with Crippen molar-refractivity contribution in [2.45, 2.75) is 46.4 Å². The number of hydrogen-bond acceptors (Lipinski definition) is 9. The number of fused-ring (bicyclic) bond motifs is 1. The van der Waals surface area contributed by atoms with Crippen LogP contribution in [0.1, 0.15) is 56.0 Å². The van der Waals surface area contributed by atoms with E-state index in [-0.39, 0.29) is 30.5 Å². The summed E-state index contributed by atoms with van der Waals surface area (Å²) in [5.74, 6) is 1.09. The smallest absolute Gasteiger partial charge is 0.338 e. The number of hydrogen-bond donors (Lipinski definition) is 0. The fourth-order valence-corrected chi connectivity index (χ4v) is 6.66. The van der Waals surface area contributed by atoms with Crippen molar-refractivity contribution in [3.63, 3.8) is 0 Å². The number of methoxy groups -OCH3 is 1. The number of aromatic nitrogens is 1. The summed E-state index contributed by atoms with van der Waals surface area (Å²) >= 11 is 4.82. The second kappa shape index (κ2) is 14.2. The number of nitrogens with zero attached hydrogens (tertiary/aromatic N) is 3. The molecule has 5 rings (SSSR count). The molecule has 0 unspecified atom stereocenters. The van der Waals surface area contributed by atoms with Crippen LogP contribution in [0.3, 0.4) is 0 Å². The molecule has 0 N–H and O–H groups in total. The number of rotatable bonds is 10. The Balaban J connectivity index is 1.55. The Kier molecular flexibility index (Phi) is 10.1. The first-order valence-electron chi connectivity index (χ1n) is 14.6. The summed E-state index contributed by atoms with van der Waals surface area (Å²) in [6.45, 7) is 7.73. The summed E-state index contributed by atoms with van der Waals surface area (Å²) in [7, 11) is 1.55. The Morgan fingerprint density at radius 2 is 1.89 bits per heavy atom. The van der Waals surface area contributed by atoms with Crippen molar-refractivity contribution in [1.29, 1.82) is 5.26 Å². The Labute approximate surface area is 278 Å². The minimum absolute atomic E-state index is 0.0735. The number of nitriles is 1. The molecule has 1 atom stereocenters. The van der Waals surface area contributed by atoms with E-state index in [0.29, 0.717) is 47.9 Å². The Hall–Kier alpha value is -4.66. The highest BCUT2D eigenvalue weighted by atomic mass is 79.9. The zero-order chi connectivity index (χ0) is 33.0. The molecule has 1 aliphatic rings. The van der Waals surface area contributed by atoms with Crippen LogP contribution in [0.5, 0.6) is 17.2 Å². The zero-order valence-electron chi connectivity index (χ0n) is 26.0. The first kappa shape index (κ1) is 32.7. The molecular weight excluding hydrogens is 670 g/mol. The number of halogens is 1. The second-order valence-electron chi connectivity index (χ2n) is 10.6. The van der Waals surface area contributed by atoms with E-state index in [1.807, 2.05) is 50.2 Å². The molecule has 1 aromatic heterocycles. The van der Waals surface area contributed by atoms with Crippen molar-refractivity contribution >= 4 is 39.3 Å². The summed E-state index contributed by atoms with van der Waals surface area (Å²) in [6.07, 6.45) is 1.71. The molecule has 0 spiro atoms. The van der Waals surface area contributed by atoms with Gasteiger partial charge in [0, 0.05) is 5.56 Å². The van der Waals surface area contributed by atoms with Gasteiger partial charge in [-0.25, -0.2) is 9.79 Å². The van der Waals surface area contributed by atoms with Gasteiger partial charge in [-0.2, -0.15) is 5.26 Å². The third-order valence-electron chi connectivity index (χ3n) is 7.16. The van der Waals surface area contributed by atoms with E-state index < -0.39 is 12.0 Å². The lowest BCUT2D eigenvalue weighted by Gasteiger charge is -2.25. The largest absolute Gasteiger partial charge is 0.493 e. The standard InChI is InChI=1S/C35H32BrN3O6S/c1-6-43-34(41)31-21(4)38-35-39(32(31)23-12-14-28(45-20(2)3)29(17-23)42-5)33(40)30(46-35)16-22-11-13-27(26(36)15-22)44-19-25-10-8-7-9-24(25)18-37/h7-17,20,32H,6,19H2,1-5H3/b30-16-/t32-/m1/s1. The summed E-state index contributed by atoms with van der Waals surface area (Å²) in [5, 5.41) is 9.37. The predicted molar refractivity (Wildman–Crippen MR) is 179 cm³/mol. The fourth-order valence-electron chi connectivity index (χ4n) is 5.10. The monoisotopic (exact) mass is 701 g/mol. The highest BCUT2D eigenvalue weighted by Crippen LogP contribution is 2.36. The van der Waals surface area contributed by atoms with E-state index in [2.05, 4.69) is 27.0 Å². The fraction of sp³-hybridized carbons (Fsp3) is 0.257. The normalized spacial score (nSPS) is 14.4. The van der Waals surface area contributed by atoms with Gasteiger partial charge in [0.15, 0.2) is 16.3 Å². The number of carbonyl (C=O) groups is 1. The van der Waals surface area contributed by atoms with Gasteiger partial charge in [-0.15, -0.1) is 0 Å². The molecule has 11 heteroatoms. The summed E-state index contributed by atoms with van der Waals surface area (Å²) in [4.78, 5) is 32.5. The third kappa shape index (κ3) is 6.78. The summed E-state index contributed by atoms with van der Waals surface area (Å²) < 4.78 is 25.6. The van der Waals surface area contributed by atoms with Crippen LogP contribution in [-0.2, 0) is 16.1 Å². The lowest BCUT2D eigenvalue weighted by atomic mass is 9.95. The van der Waals surface area contributed by atoms with E-state index in [9.17, 15) is 14.9 Å². The molecule has 2 heterocycles. The van der Waals surface area contributed by atoms with Gasteiger partial charge in [-0.3, -0.25) is 9.36 Å². The number of thiazole rings is 1. The van der Waals surface area contributed by atoms with Crippen molar-refractivity contribution in [2.75, 3.05) is 13.7 Å². The van der Waals surface area contributed by atoms with Crippen LogP contribution in [0.4, 0.5) is 0 Å². The topological polar surface area (TPSA) is 112 Å². The molecule has 0 fully saturated rings. The number of ether oxygens (including phenoxy) is 4. The van der Waals surface area contributed by atoms with Crippen LogP contribution in [0.15, 0.2) is 86.2 Å². The van der Waals surface area contributed by atoms with E-state index >= 15 is 0 Å². The maximum Gasteiger partial charge on any atom is 0.338 e. The van der Waals surface area contributed by atoms with Crippen LogP contribution in [-0.4, -0.2) is 30.4 Å². The van der Waals surface area contributed by atoms with Gasteiger partial charge >= 0.3 is 5.97 Å². The van der Waals surface area contributed by atoms with Crippen molar-refractivity contribution in [3.05, 3.63) is 118 Å². The van der Waals surface area contributed by atoms with Crippen LogP contribution < -0.4 is 29.1 Å². The minimum atomic E-state index is -0.793. The lowest BCUT2D eigenvalue weighted by Crippen LogP contribution is -2.40. The van der Waals surface area contributed by atoms with Crippen molar-refractivity contribution in [1.82, 2.24) is 4.57 Å². The van der Waals surface area contributed by atoms with Crippen molar-refractivity contribution in [2.24, 2.45) is 4.99 Å². The van der Waals surface area contributed by atoms with Gasteiger partial charge in [0.25, 0.3) is 5.56 Å². The molecule has 1 aliphatic heterocycles. The highest BCUT2D eigenvalue weighted by Gasteiger charge is 2.34. The Morgan fingerprint density at radius 3 is 2.59 bits per heavy atom. The van der Waals surface area contributed by atoms with Crippen LogP contribution in [0.25, 0.3) is 6.08 Å². The quantitative estimate of drug-likeness (QED) is 0.192. The summed E-state index contributed by atoms with van der Waals surface area (Å²) in [6, 6.07) is 19.6. The summed E-state index contributed by atoms with van der Waals surface area (Å²) in [5.41, 5.74) is 3.21. The first-order chi connectivity index (χ1) is 22.1. The zero-order valence-corrected chi connectivity index (χ0v) is 28.4. The average Bonchev–Trinajstić information content (AvgIpc) is 3.33. The molecule has 0 bridgehead atoms. The van der Waals surface area contributed by atoms with Gasteiger partial charge < -0.3 is 18.9 Å². The van der Waals surface area contributed by atoms with Crippen molar-refractivity contribution in [3.8, 4) is 23.3 Å². The predicted octanol–water partition coefficient (Wildman–Crippen LogP) is 5.81. The molecular formula is C35H32BrN3O6S. The van der Waals surface area contributed by atoms with Crippen molar-refractivity contribution < 1.29 is 23.7 Å². The molecule has 0 saturated heterocycles. The van der Waals surface area contributed by atoms with Gasteiger partial charge in [-0.1, -0.05) is 41.7 Å². The van der Waals surface area contributed by atoms with Gasteiger partial charge in [-0.05, 0) is 91.2 Å². The molecule has 0 saturated carbocycles. The molecule has 0 amide bonds.